The van der Waals surface area contributed by atoms with E-state index in [1.165, 1.54) is 25.7 Å². The Morgan fingerprint density at radius 2 is 2.24 bits per heavy atom. The Balaban J connectivity index is 2.05. The fourth-order valence-electron chi connectivity index (χ4n) is 2.71. The summed E-state index contributed by atoms with van der Waals surface area (Å²) in [4.78, 5) is 0. The molecule has 2 unspecified atom stereocenters. The molecule has 0 radical (unpaired) electrons. The Kier molecular flexibility index (Phi) is 3.77. The summed E-state index contributed by atoms with van der Waals surface area (Å²) >= 11 is 0. The molecule has 0 bridgehead atoms. The number of nitrogens with one attached hydrogen (secondary N) is 1. The number of phenolic OH excluding ortho intramolecular Hbond substituents is 1. The Labute approximate surface area is 103 Å². The van der Waals surface area contributed by atoms with Crippen LogP contribution in [0.2, 0.25) is 0 Å². The molecule has 94 valence electrons. The third-order valence-corrected chi connectivity index (χ3v) is 3.71. The Bertz CT molecular complexity index is 378. The smallest absolute Gasteiger partial charge is 0.160 e. The Hall–Kier alpha value is -1.38. The summed E-state index contributed by atoms with van der Waals surface area (Å²) in [5.41, 5.74) is 0.980. The van der Waals surface area contributed by atoms with Crippen molar-refractivity contribution in [3.63, 3.8) is 0 Å². The van der Waals surface area contributed by atoms with Gasteiger partial charge in [-0.25, -0.2) is 0 Å². The molecule has 3 nitrogen and oxygen atoms in total. The molecule has 1 aliphatic rings. The van der Waals surface area contributed by atoms with Gasteiger partial charge < -0.3 is 15.2 Å². The van der Waals surface area contributed by atoms with E-state index in [1.807, 2.05) is 6.07 Å². The highest BCUT2D eigenvalue weighted by Gasteiger charge is 2.25. The monoisotopic (exact) mass is 235 g/mol. The van der Waals surface area contributed by atoms with Crippen LogP contribution in [0.15, 0.2) is 18.2 Å². The molecule has 2 rings (SSSR count). The van der Waals surface area contributed by atoms with Crippen LogP contribution in [0.3, 0.4) is 0 Å². The van der Waals surface area contributed by atoms with Crippen LogP contribution in [-0.2, 0) is 0 Å². The van der Waals surface area contributed by atoms with E-state index in [0.29, 0.717) is 11.8 Å². The zero-order chi connectivity index (χ0) is 12.3. The van der Waals surface area contributed by atoms with Crippen LogP contribution in [0.1, 0.15) is 32.6 Å². The van der Waals surface area contributed by atoms with Crippen LogP contribution in [0.5, 0.6) is 11.5 Å². The van der Waals surface area contributed by atoms with Gasteiger partial charge in [-0.15, -0.1) is 0 Å². The maximum Gasteiger partial charge on any atom is 0.160 e. The predicted octanol–water partition coefficient (Wildman–Crippen LogP) is 3.39. The molecule has 2 N–H and O–H groups in total. The summed E-state index contributed by atoms with van der Waals surface area (Å²) in [5, 5.41) is 13.2. The molecule has 1 aliphatic carbocycles. The highest BCUT2D eigenvalue weighted by molar-refractivity contribution is 5.54. The van der Waals surface area contributed by atoms with E-state index < -0.39 is 0 Å². The zero-order valence-electron chi connectivity index (χ0n) is 10.6. The molecule has 1 aromatic rings. The van der Waals surface area contributed by atoms with E-state index in [-0.39, 0.29) is 5.75 Å². The number of benzene rings is 1. The molecule has 0 amide bonds. The van der Waals surface area contributed by atoms with Gasteiger partial charge in [0.2, 0.25) is 0 Å². The number of aromatic hydroxyl groups is 1. The normalized spacial score (nSPS) is 23.6. The summed E-state index contributed by atoms with van der Waals surface area (Å²) in [5.74, 6) is 1.48. The summed E-state index contributed by atoms with van der Waals surface area (Å²) in [6.45, 7) is 2.25. The molecule has 1 saturated carbocycles. The first kappa shape index (κ1) is 12.1. The quantitative estimate of drug-likeness (QED) is 0.840. The average Bonchev–Trinajstić information content (AvgIpc) is 2.76. The van der Waals surface area contributed by atoms with E-state index in [2.05, 4.69) is 12.2 Å². The number of anilines is 1. The third kappa shape index (κ3) is 2.65. The molecule has 0 aliphatic heterocycles. The first-order valence-corrected chi connectivity index (χ1v) is 6.38. The summed E-state index contributed by atoms with van der Waals surface area (Å²) < 4.78 is 5.03. The van der Waals surface area contributed by atoms with Gasteiger partial charge in [0, 0.05) is 17.8 Å². The minimum Gasteiger partial charge on any atom is -0.504 e. The number of hydrogen-bond acceptors (Lipinski definition) is 3. The SMILES string of the molecule is CCC1CCCC1Nc1ccc(OC)c(O)c1. The summed E-state index contributed by atoms with van der Waals surface area (Å²) in [7, 11) is 1.56. The van der Waals surface area contributed by atoms with Crippen LogP contribution in [0.4, 0.5) is 5.69 Å². The Morgan fingerprint density at radius 3 is 2.88 bits per heavy atom. The molecule has 0 aromatic heterocycles. The number of hydrogen-bond donors (Lipinski definition) is 2. The second-order valence-corrected chi connectivity index (χ2v) is 4.74. The molecule has 2 atom stereocenters. The highest BCUT2D eigenvalue weighted by Crippen LogP contribution is 2.33. The van der Waals surface area contributed by atoms with Crippen molar-refractivity contribution < 1.29 is 9.84 Å². The lowest BCUT2D eigenvalue weighted by Crippen LogP contribution is -2.23. The molecule has 3 heteroatoms. The fourth-order valence-corrected chi connectivity index (χ4v) is 2.71. The average molecular weight is 235 g/mol. The second kappa shape index (κ2) is 5.30. The van der Waals surface area contributed by atoms with E-state index in [0.717, 1.165) is 11.6 Å². The van der Waals surface area contributed by atoms with Crippen molar-refractivity contribution in [3.05, 3.63) is 18.2 Å². The van der Waals surface area contributed by atoms with Crippen molar-refractivity contribution in [1.29, 1.82) is 0 Å². The molecule has 1 fully saturated rings. The molecule has 0 heterocycles. The van der Waals surface area contributed by atoms with Gasteiger partial charge in [-0.3, -0.25) is 0 Å². The Morgan fingerprint density at radius 1 is 1.41 bits per heavy atom. The number of rotatable bonds is 4. The number of phenols is 1. The van der Waals surface area contributed by atoms with Crippen molar-refractivity contribution in [2.75, 3.05) is 12.4 Å². The number of methoxy groups -OCH3 is 1. The summed E-state index contributed by atoms with van der Waals surface area (Å²) in [6, 6.07) is 6.05. The van der Waals surface area contributed by atoms with Crippen LogP contribution >= 0.6 is 0 Å². The van der Waals surface area contributed by atoms with Gasteiger partial charge in [-0.1, -0.05) is 19.8 Å². The van der Waals surface area contributed by atoms with E-state index in [1.54, 1.807) is 19.2 Å². The lowest BCUT2D eigenvalue weighted by Gasteiger charge is -2.21. The molecule has 1 aromatic carbocycles. The molecule has 0 saturated heterocycles. The van der Waals surface area contributed by atoms with Crippen molar-refractivity contribution in [2.45, 2.75) is 38.6 Å². The van der Waals surface area contributed by atoms with Crippen molar-refractivity contribution in [2.24, 2.45) is 5.92 Å². The molecular weight excluding hydrogens is 214 g/mol. The molecular formula is C14H21NO2. The van der Waals surface area contributed by atoms with Crippen LogP contribution in [0, 0.1) is 5.92 Å². The number of ether oxygens (including phenoxy) is 1. The van der Waals surface area contributed by atoms with Gasteiger partial charge in [0.15, 0.2) is 11.5 Å². The zero-order valence-corrected chi connectivity index (χ0v) is 10.6. The fraction of sp³-hybridized carbons (Fsp3) is 0.571. The van der Waals surface area contributed by atoms with E-state index >= 15 is 0 Å². The van der Waals surface area contributed by atoms with Gasteiger partial charge in [0.25, 0.3) is 0 Å². The van der Waals surface area contributed by atoms with Gasteiger partial charge in [-0.2, -0.15) is 0 Å². The first-order chi connectivity index (χ1) is 8.24. The van der Waals surface area contributed by atoms with E-state index in [4.69, 9.17) is 4.74 Å². The maximum atomic E-state index is 9.72. The maximum absolute atomic E-state index is 9.72. The van der Waals surface area contributed by atoms with Gasteiger partial charge >= 0.3 is 0 Å². The summed E-state index contributed by atoms with van der Waals surface area (Å²) in [6.07, 6.45) is 5.07. The predicted molar refractivity (Wildman–Crippen MR) is 69.7 cm³/mol. The molecule has 0 spiro atoms. The van der Waals surface area contributed by atoms with Crippen LogP contribution < -0.4 is 10.1 Å². The molecule has 17 heavy (non-hydrogen) atoms. The lowest BCUT2D eigenvalue weighted by molar-refractivity contribution is 0.373. The minimum atomic E-state index is 0.198. The van der Waals surface area contributed by atoms with Crippen LogP contribution in [-0.4, -0.2) is 18.3 Å². The van der Waals surface area contributed by atoms with Gasteiger partial charge in [0.1, 0.15) is 0 Å². The van der Waals surface area contributed by atoms with Crippen molar-refractivity contribution in [3.8, 4) is 11.5 Å². The van der Waals surface area contributed by atoms with Crippen molar-refractivity contribution in [1.82, 2.24) is 0 Å². The topological polar surface area (TPSA) is 41.5 Å². The largest absolute Gasteiger partial charge is 0.504 e. The standard InChI is InChI=1S/C14H21NO2/c1-3-10-5-4-6-12(10)15-11-7-8-14(17-2)13(16)9-11/h7-10,12,15-16H,3-6H2,1-2H3. The minimum absolute atomic E-state index is 0.198. The highest BCUT2D eigenvalue weighted by atomic mass is 16.5. The van der Waals surface area contributed by atoms with Crippen molar-refractivity contribution >= 4 is 5.69 Å². The third-order valence-electron chi connectivity index (χ3n) is 3.71. The van der Waals surface area contributed by atoms with Gasteiger partial charge in [0.05, 0.1) is 7.11 Å². The van der Waals surface area contributed by atoms with Gasteiger partial charge in [-0.05, 0) is 30.9 Å². The van der Waals surface area contributed by atoms with E-state index in [9.17, 15) is 5.11 Å². The first-order valence-electron chi connectivity index (χ1n) is 6.38. The van der Waals surface area contributed by atoms with Crippen LogP contribution in [0.25, 0.3) is 0 Å². The second-order valence-electron chi connectivity index (χ2n) is 4.74. The lowest BCUT2D eigenvalue weighted by atomic mass is 10.0.